The topological polar surface area (TPSA) is 59.4 Å². The van der Waals surface area contributed by atoms with Crippen molar-refractivity contribution in [1.82, 2.24) is 20.0 Å². The van der Waals surface area contributed by atoms with Crippen LogP contribution in [0.4, 0.5) is 4.79 Å². The quantitative estimate of drug-likeness (QED) is 0.837. The summed E-state index contributed by atoms with van der Waals surface area (Å²) >= 11 is 0. The van der Waals surface area contributed by atoms with E-state index >= 15 is 0 Å². The Kier molecular flexibility index (Phi) is 7.06. The van der Waals surface area contributed by atoms with Gasteiger partial charge in [0.15, 0.2) is 0 Å². The minimum Gasteiger partial charge on any atom is -0.444 e. The molecular formula is C17H32N4O2. The Morgan fingerprint density at radius 3 is 2.61 bits per heavy atom. The van der Waals surface area contributed by atoms with E-state index in [1.807, 2.05) is 31.6 Å². The number of nitrogens with zero attached hydrogens (tertiary/aromatic N) is 3. The largest absolute Gasteiger partial charge is 0.444 e. The molecule has 1 aromatic rings. The molecule has 1 amide bonds. The van der Waals surface area contributed by atoms with Crippen molar-refractivity contribution in [3.05, 3.63) is 18.0 Å². The van der Waals surface area contributed by atoms with Gasteiger partial charge in [0.25, 0.3) is 0 Å². The zero-order chi connectivity index (χ0) is 17.6. The van der Waals surface area contributed by atoms with Gasteiger partial charge in [-0.2, -0.15) is 5.10 Å². The average Bonchev–Trinajstić information content (AvgIpc) is 2.91. The molecule has 132 valence electrons. The lowest BCUT2D eigenvalue weighted by Gasteiger charge is -2.27. The van der Waals surface area contributed by atoms with E-state index in [1.165, 1.54) is 5.56 Å². The zero-order valence-corrected chi connectivity index (χ0v) is 15.6. The fourth-order valence-corrected chi connectivity index (χ4v) is 2.22. The van der Waals surface area contributed by atoms with E-state index in [0.29, 0.717) is 12.5 Å². The van der Waals surface area contributed by atoms with E-state index in [0.717, 1.165) is 13.1 Å². The molecule has 6 nitrogen and oxygen atoms in total. The molecule has 2 atom stereocenters. The number of rotatable bonds is 7. The first-order valence-electron chi connectivity index (χ1n) is 8.32. The van der Waals surface area contributed by atoms with Crippen LogP contribution in [0.1, 0.15) is 53.1 Å². The summed E-state index contributed by atoms with van der Waals surface area (Å²) in [5.74, 6) is 0.330. The second kappa shape index (κ2) is 8.34. The van der Waals surface area contributed by atoms with Crippen LogP contribution in [0.2, 0.25) is 0 Å². The molecule has 0 saturated heterocycles. The molecule has 0 bridgehead atoms. The normalized spacial score (nSPS) is 14.4. The van der Waals surface area contributed by atoms with Crippen LogP contribution in [0.25, 0.3) is 0 Å². The molecule has 0 spiro atoms. The van der Waals surface area contributed by atoms with Gasteiger partial charge in [0.1, 0.15) is 5.60 Å². The van der Waals surface area contributed by atoms with E-state index in [-0.39, 0.29) is 12.1 Å². The maximum absolute atomic E-state index is 12.0. The number of amides is 1. The summed E-state index contributed by atoms with van der Waals surface area (Å²) in [6.07, 6.45) is 3.69. The van der Waals surface area contributed by atoms with E-state index in [4.69, 9.17) is 4.74 Å². The number of carbonyl (C=O) groups is 1. The second-order valence-corrected chi connectivity index (χ2v) is 7.23. The molecule has 0 fully saturated rings. The van der Waals surface area contributed by atoms with E-state index in [9.17, 15) is 4.79 Å². The summed E-state index contributed by atoms with van der Waals surface area (Å²) in [6.45, 7) is 14.3. The summed E-state index contributed by atoms with van der Waals surface area (Å²) in [4.78, 5) is 13.6. The first kappa shape index (κ1) is 19.5. The van der Waals surface area contributed by atoms with Crippen molar-refractivity contribution in [3.63, 3.8) is 0 Å². The minimum atomic E-state index is -0.458. The number of hydrogen-bond donors (Lipinski definition) is 1. The van der Waals surface area contributed by atoms with Crippen molar-refractivity contribution in [1.29, 1.82) is 0 Å². The Hall–Kier alpha value is -1.56. The van der Waals surface area contributed by atoms with Gasteiger partial charge >= 0.3 is 6.09 Å². The van der Waals surface area contributed by atoms with Crippen LogP contribution in [0.15, 0.2) is 12.4 Å². The molecule has 1 rings (SSSR count). The summed E-state index contributed by atoms with van der Waals surface area (Å²) in [5, 5.41) is 7.79. The highest BCUT2D eigenvalue weighted by Gasteiger charge is 2.21. The Balaban J connectivity index is 2.38. The van der Waals surface area contributed by atoms with Crippen LogP contribution in [-0.2, 0) is 11.3 Å². The van der Waals surface area contributed by atoms with Crippen molar-refractivity contribution in [2.45, 2.75) is 59.7 Å². The molecule has 0 radical (unpaired) electrons. The molecular weight excluding hydrogens is 292 g/mol. The van der Waals surface area contributed by atoms with Crippen molar-refractivity contribution >= 4 is 6.09 Å². The zero-order valence-electron chi connectivity index (χ0n) is 15.6. The van der Waals surface area contributed by atoms with Crippen LogP contribution in [0.3, 0.4) is 0 Å². The van der Waals surface area contributed by atoms with Crippen molar-refractivity contribution in [2.24, 2.45) is 5.92 Å². The number of aromatic nitrogens is 2. The Morgan fingerprint density at radius 1 is 1.43 bits per heavy atom. The van der Waals surface area contributed by atoms with Crippen molar-refractivity contribution in [3.8, 4) is 0 Å². The van der Waals surface area contributed by atoms with Crippen LogP contribution in [-0.4, -0.2) is 46.5 Å². The van der Waals surface area contributed by atoms with Crippen molar-refractivity contribution < 1.29 is 9.53 Å². The lowest BCUT2D eigenvalue weighted by Crippen LogP contribution is -2.38. The Morgan fingerprint density at radius 2 is 2.09 bits per heavy atom. The van der Waals surface area contributed by atoms with Crippen LogP contribution < -0.4 is 5.32 Å². The maximum atomic E-state index is 12.0. The highest BCUT2D eigenvalue weighted by atomic mass is 16.6. The monoisotopic (exact) mass is 324 g/mol. The number of carbonyl (C=O) groups excluding carboxylic acids is 1. The van der Waals surface area contributed by atoms with Crippen LogP contribution in [0, 0.1) is 5.92 Å². The third-order valence-electron chi connectivity index (χ3n) is 3.54. The Bertz CT molecular complexity index is 493. The SMILES string of the molecule is CCn1cc(C(C)NCC(C)CN(C)C(=O)OC(C)(C)C)cn1. The third kappa shape index (κ3) is 7.03. The lowest BCUT2D eigenvalue weighted by atomic mass is 10.1. The number of nitrogens with one attached hydrogen (secondary N) is 1. The predicted octanol–water partition coefficient (Wildman–Crippen LogP) is 3.06. The molecule has 6 heteroatoms. The Labute approximate surface area is 140 Å². The van der Waals surface area contributed by atoms with Gasteiger partial charge in [-0.05, 0) is 47.1 Å². The van der Waals surface area contributed by atoms with Gasteiger partial charge in [-0.25, -0.2) is 4.79 Å². The van der Waals surface area contributed by atoms with Gasteiger partial charge in [-0.15, -0.1) is 0 Å². The molecule has 0 aromatic carbocycles. The standard InChI is InChI=1S/C17H32N4O2/c1-8-21-12-15(10-19-21)14(3)18-9-13(2)11-20(7)16(22)23-17(4,5)6/h10,12-14,18H,8-9,11H2,1-7H3. The van der Waals surface area contributed by atoms with Gasteiger partial charge in [-0.3, -0.25) is 4.68 Å². The van der Waals surface area contributed by atoms with E-state index in [2.05, 4.69) is 37.4 Å². The predicted molar refractivity (Wildman–Crippen MR) is 92.3 cm³/mol. The molecule has 0 saturated carbocycles. The van der Waals surface area contributed by atoms with Gasteiger partial charge < -0.3 is 15.0 Å². The molecule has 1 N–H and O–H groups in total. The van der Waals surface area contributed by atoms with Gasteiger partial charge in [0.2, 0.25) is 0 Å². The highest BCUT2D eigenvalue weighted by molar-refractivity contribution is 5.67. The van der Waals surface area contributed by atoms with E-state index < -0.39 is 5.60 Å². The molecule has 0 aliphatic heterocycles. The summed E-state index contributed by atoms with van der Waals surface area (Å²) in [5.41, 5.74) is 0.723. The summed E-state index contributed by atoms with van der Waals surface area (Å²) in [7, 11) is 1.78. The summed E-state index contributed by atoms with van der Waals surface area (Å²) in [6, 6.07) is 0.240. The number of hydrogen-bond acceptors (Lipinski definition) is 4. The fraction of sp³-hybridized carbons (Fsp3) is 0.765. The lowest BCUT2D eigenvalue weighted by molar-refractivity contribution is 0.0276. The molecule has 0 aliphatic rings. The maximum Gasteiger partial charge on any atom is 0.410 e. The first-order valence-corrected chi connectivity index (χ1v) is 8.32. The van der Waals surface area contributed by atoms with Gasteiger partial charge in [0, 0.05) is 37.9 Å². The first-order chi connectivity index (χ1) is 10.6. The van der Waals surface area contributed by atoms with Crippen molar-refractivity contribution in [2.75, 3.05) is 20.1 Å². The molecule has 0 aliphatic carbocycles. The molecule has 1 heterocycles. The molecule has 1 aromatic heterocycles. The second-order valence-electron chi connectivity index (χ2n) is 7.23. The number of aryl methyl sites for hydroxylation is 1. The smallest absolute Gasteiger partial charge is 0.410 e. The highest BCUT2D eigenvalue weighted by Crippen LogP contribution is 2.13. The summed E-state index contributed by atoms with van der Waals surface area (Å²) < 4.78 is 7.29. The number of ether oxygens (including phenoxy) is 1. The minimum absolute atomic E-state index is 0.240. The van der Waals surface area contributed by atoms with E-state index in [1.54, 1.807) is 11.9 Å². The van der Waals surface area contributed by atoms with Crippen LogP contribution >= 0.6 is 0 Å². The van der Waals surface area contributed by atoms with Gasteiger partial charge in [-0.1, -0.05) is 6.92 Å². The fourth-order valence-electron chi connectivity index (χ4n) is 2.22. The molecule has 2 unspecified atom stereocenters. The van der Waals surface area contributed by atoms with Crippen LogP contribution in [0.5, 0.6) is 0 Å². The average molecular weight is 324 g/mol. The van der Waals surface area contributed by atoms with Gasteiger partial charge in [0.05, 0.1) is 6.20 Å². The third-order valence-corrected chi connectivity index (χ3v) is 3.54. The molecule has 23 heavy (non-hydrogen) atoms.